The Labute approximate surface area is 90.2 Å². The molecule has 0 fully saturated rings. The summed E-state index contributed by atoms with van der Waals surface area (Å²) in [5, 5.41) is 2.63. The van der Waals surface area contributed by atoms with Crippen molar-refractivity contribution in [2.24, 2.45) is 0 Å². The Hall–Kier alpha value is -1.30. The van der Waals surface area contributed by atoms with Gasteiger partial charge in [0.1, 0.15) is 6.54 Å². The SMILES string of the molecule is COCCNC(=O)CN(C)C(=O)N(C)C. The highest BCUT2D eigenvalue weighted by Gasteiger charge is 2.13. The minimum absolute atomic E-state index is 0.0563. The first kappa shape index (κ1) is 13.7. The van der Waals surface area contributed by atoms with Crippen LogP contribution in [0.25, 0.3) is 0 Å². The van der Waals surface area contributed by atoms with Crippen LogP contribution in [0, 0.1) is 0 Å². The number of hydrogen-bond acceptors (Lipinski definition) is 3. The minimum Gasteiger partial charge on any atom is -0.383 e. The van der Waals surface area contributed by atoms with Crippen LogP contribution in [0.15, 0.2) is 0 Å². The quantitative estimate of drug-likeness (QED) is 0.623. The first-order chi connectivity index (χ1) is 6.99. The molecule has 1 N–H and O–H groups in total. The number of carbonyl (C=O) groups is 2. The van der Waals surface area contributed by atoms with Crippen molar-refractivity contribution in [2.45, 2.75) is 0 Å². The molecule has 0 aromatic carbocycles. The van der Waals surface area contributed by atoms with Gasteiger partial charge >= 0.3 is 6.03 Å². The predicted molar refractivity (Wildman–Crippen MR) is 56.6 cm³/mol. The molecule has 0 aromatic rings. The number of nitrogens with one attached hydrogen (secondary N) is 1. The van der Waals surface area contributed by atoms with Gasteiger partial charge in [-0.25, -0.2) is 4.79 Å². The molecule has 0 radical (unpaired) electrons. The van der Waals surface area contributed by atoms with Gasteiger partial charge in [-0.15, -0.1) is 0 Å². The van der Waals surface area contributed by atoms with Gasteiger partial charge in [0.25, 0.3) is 0 Å². The molecule has 0 heterocycles. The number of rotatable bonds is 5. The van der Waals surface area contributed by atoms with Crippen molar-refractivity contribution in [2.75, 3.05) is 47.9 Å². The molecule has 0 saturated heterocycles. The molecular formula is C9H19N3O3. The van der Waals surface area contributed by atoms with E-state index in [0.29, 0.717) is 13.2 Å². The van der Waals surface area contributed by atoms with Crippen molar-refractivity contribution in [3.63, 3.8) is 0 Å². The van der Waals surface area contributed by atoms with Gasteiger partial charge < -0.3 is 19.9 Å². The third kappa shape index (κ3) is 5.90. The molecule has 0 aliphatic carbocycles. The Morgan fingerprint density at radius 1 is 1.27 bits per heavy atom. The summed E-state index contributed by atoms with van der Waals surface area (Å²) in [7, 11) is 6.43. The number of hydrogen-bond donors (Lipinski definition) is 1. The maximum Gasteiger partial charge on any atom is 0.319 e. The van der Waals surface area contributed by atoms with E-state index in [4.69, 9.17) is 4.74 Å². The topological polar surface area (TPSA) is 61.9 Å². The van der Waals surface area contributed by atoms with Crippen molar-refractivity contribution in [3.8, 4) is 0 Å². The largest absolute Gasteiger partial charge is 0.383 e. The summed E-state index contributed by atoms with van der Waals surface area (Å²) < 4.78 is 4.78. The highest BCUT2D eigenvalue weighted by atomic mass is 16.5. The van der Waals surface area contributed by atoms with Gasteiger partial charge in [0.2, 0.25) is 5.91 Å². The number of urea groups is 1. The highest BCUT2D eigenvalue weighted by Crippen LogP contribution is 1.89. The first-order valence-corrected chi connectivity index (χ1v) is 4.67. The van der Waals surface area contributed by atoms with E-state index in [1.807, 2.05) is 0 Å². The molecular weight excluding hydrogens is 198 g/mol. The minimum atomic E-state index is -0.197. The highest BCUT2D eigenvalue weighted by molar-refractivity contribution is 5.83. The summed E-state index contributed by atoms with van der Waals surface area (Å²) in [5.74, 6) is -0.190. The van der Waals surface area contributed by atoms with Gasteiger partial charge in [-0.05, 0) is 0 Å². The van der Waals surface area contributed by atoms with Crippen LogP contribution >= 0.6 is 0 Å². The third-order valence-corrected chi connectivity index (χ3v) is 1.72. The van der Waals surface area contributed by atoms with E-state index in [9.17, 15) is 9.59 Å². The average molecular weight is 217 g/mol. The number of nitrogens with zero attached hydrogens (tertiary/aromatic N) is 2. The molecule has 3 amide bonds. The van der Waals surface area contributed by atoms with Crippen molar-refractivity contribution in [1.82, 2.24) is 15.1 Å². The molecule has 0 rings (SSSR count). The lowest BCUT2D eigenvalue weighted by Gasteiger charge is -2.21. The van der Waals surface area contributed by atoms with Crippen LogP contribution in [0.1, 0.15) is 0 Å². The Balaban J connectivity index is 3.81. The molecule has 0 bridgehead atoms. The number of amides is 3. The monoisotopic (exact) mass is 217 g/mol. The molecule has 6 heteroatoms. The Bertz CT molecular complexity index is 219. The van der Waals surface area contributed by atoms with Gasteiger partial charge in [-0.3, -0.25) is 4.79 Å². The Morgan fingerprint density at radius 2 is 1.87 bits per heavy atom. The van der Waals surface area contributed by atoms with E-state index >= 15 is 0 Å². The number of methoxy groups -OCH3 is 1. The second kappa shape index (κ2) is 7.05. The lowest BCUT2D eigenvalue weighted by Crippen LogP contribution is -2.43. The lowest BCUT2D eigenvalue weighted by atomic mass is 10.5. The van der Waals surface area contributed by atoms with Gasteiger partial charge in [-0.1, -0.05) is 0 Å². The fraction of sp³-hybridized carbons (Fsp3) is 0.778. The van der Waals surface area contributed by atoms with E-state index in [0.717, 1.165) is 0 Å². The molecule has 0 aliphatic rings. The standard InChI is InChI=1S/C9H19N3O3/c1-11(2)9(14)12(3)7-8(13)10-5-6-15-4/h5-7H2,1-4H3,(H,10,13). The van der Waals surface area contributed by atoms with Crippen LogP contribution in [0.5, 0.6) is 0 Å². The summed E-state index contributed by atoms with van der Waals surface area (Å²) in [6.07, 6.45) is 0. The first-order valence-electron chi connectivity index (χ1n) is 4.67. The maximum atomic E-state index is 11.4. The van der Waals surface area contributed by atoms with Gasteiger partial charge in [0, 0.05) is 34.8 Å². The molecule has 0 aliphatic heterocycles. The summed E-state index contributed by atoms with van der Waals surface area (Å²) in [6, 6.07) is -0.197. The lowest BCUT2D eigenvalue weighted by molar-refractivity contribution is -0.121. The number of carbonyl (C=O) groups excluding carboxylic acids is 2. The van der Waals surface area contributed by atoms with E-state index in [2.05, 4.69) is 5.32 Å². The van der Waals surface area contributed by atoms with Crippen molar-refractivity contribution < 1.29 is 14.3 Å². The van der Waals surface area contributed by atoms with E-state index in [-0.39, 0.29) is 18.5 Å². The predicted octanol–water partition coefficient (Wildman–Crippen LogP) is -0.638. The van der Waals surface area contributed by atoms with Crippen LogP contribution < -0.4 is 5.32 Å². The van der Waals surface area contributed by atoms with E-state index in [1.165, 1.54) is 9.80 Å². The normalized spacial score (nSPS) is 9.60. The molecule has 0 aromatic heterocycles. The van der Waals surface area contributed by atoms with E-state index in [1.54, 1.807) is 28.3 Å². The van der Waals surface area contributed by atoms with Crippen molar-refractivity contribution in [3.05, 3.63) is 0 Å². The smallest absolute Gasteiger partial charge is 0.319 e. The molecule has 0 unspecified atom stereocenters. The molecule has 15 heavy (non-hydrogen) atoms. The second-order valence-corrected chi connectivity index (χ2v) is 3.38. The number of ether oxygens (including phenoxy) is 1. The van der Waals surface area contributed by atoms with E-state index < -0.39 is 0 Å². The zero-order valence-corrected chi connectivity index (χ0v) is 9.74. The van der Waals surface area contributed by atoms with Crippen LogP contribution in [0.4, 0.5) is 4.79 Å². The van der Waals surface area contributed by atoms with Gasteiger partial charge in [0.15, 0.2) is 0 Å². The van der Waals surface area contributed by atoms with Crippen LogP contribution in [0.2, 0.25) is 0 Å². The Morgan fingerprint density at radius 3 is 2.33 bits per heavy atom. The average Bonchev–Trinajstić information content (AvgIpc) is 2.16. The molecule has 0 spiro atoms. The Kier molecular flexibility index (Phi) is 6.44. The number of likely N-dealkylation sites (N-methyl/N-ethyl adjacent to an activating group) is 1. The summed E-state index contributed by atoms with van der Waals surface area (Å²) in [5.41, 5.74) is 0. The summed E-state index contributed by atoms with van der Waals surface area (Å²) >= 11 is 0. The van der Waals surface area contributed by atoms with Crippen LogP contribution in [-0.4, -0.2) is 69.7 Å². The second-order valence-electron chi connectivity index (χ2n) is 3.38. The maximum absolute atomic E-state index is 11.4. The summed E-state index contributed by atoms with van der Waals surface area (Å²) in [4.78, 5) is 25.4. The fourth-order valence-electron chi connectivity index (χ4n) is 0.973. The zero-order valence-electron chi connectivity index (χ0n) is 9.74. The molecule has 6 nitrogen and oxygen atoms in total. The summed E-state index contributed by atoms with van der Waals surface area (Å²) in [6.45, 7) is 0.983. The van der Waals surface area contributed by atoms with Gasteiger partial charge in [-0.2, -0.15) is 0 Å². The zero-order chi connectivity index (χ0) is 11.8. The van der Waals surface area contributed by atoms with Crippen LogP contribution in [0.3, 0.4) is 0 Å². The fourth-order valence-corrected chi connectivity index (χ4v) is 0.973. The third-order valence-electron chi connectivity index (χ3n) is 1.72. The van der Waals surface area contributed by atoms with Crippen molar-refractivity contribution >= 4 is 11.9 Å². The van der Waals surface area contributed by atoms with Crippen molar-refractivity contribution in [1.29, 1.82) is 0 Å². The van der Waals surface area contributed by atoms with Gasteiger partial charge in [0.05, 0.1) is 6.61 Å². The molecule has 88 valence electrons. The molecule has 0 atom stereocenters. The molecule has 0 saturated carbocycles. The van der Waals surface area contributed by atoms with Crippen LogP contribution in [-0.2, 0) is 9.53 Å².